The Kier molecular flexibility index (Phi) is 7.25. The van der Waals surface area contributed by atoms with E-state index in [1.165, 1.54) is 29.4 Å². The van der Waals surface area contributed by atoms with Crippen LogP contribution in [0.3, 0.4) is 0 Å². The third kappa shape index (κ3) is 5.43. The van der Waals surface area contributed by atoms with Crippen LogP contribution >= 0.6 is 11.6 Å². The number of hydrogen-bond donors (Lipinski definition) is 1. The molecule has 1 aromatic carbocycles. The van der Waals surface area contributed by atoms with Gasteiger partial charge in [0.25, 0.3) is 5.91 Å². The zero-order chi connectivity index (χ0) is 20.2. The van der Waals surface area contributed by atoms with E-state index in [0.717, 1.165) is 19.3 Å². The molecule has 0 aromatic heterocycles. The van der Waals surface area contributed by atoms with E-state index in [1.807, 2.05) is 0 Å². The van der Waals surface area contributed by atoms with Crippen LogP contribution in [0.25, 0.3) is 0 Å². The van der Waals surface area contributed by atoms with E-state index in [1.54, 1.807) is 13.8 Å². The summed E-state index contributed by atoms with van der Waals surface area (Å²) in [7, 11) is -3.65. The normalized spacial score (nSPS) is 16.8. The molecule has 7 nitrogen and oxygen atoms in total. The maximum atomic E-state index is 12.8. The predicted molar refractivity (Wildman–Crippen MR) is 103 cm³/mol. The van der Waals surface area contributed by atoms with Gasteiger partial charge < -0.3 is 10.1 Å². The maximum Gasteiger partial charge on any atom is 0.309 e. The first-order chi connectivity index (χ1) is 12.6. The first-order valence-electron chi connectivity index (χ1n) is 8.94. The van der Waals surface area contributed by atoms with Crippen LogP contribution in [0.5, 0.6) is 0 Å². The quantitative estimate of drug-likeness (QED) is 0.719. The predicted octanol–water partition coefficient (Wildman–Crippen LogP) is 3.04. The molecule has 0 saturated carbocycles. The Balaban J connectivity index is 2.17. The summed E-state index contributed by atoms with van der Waals surface area (Å²) in [4.78, 5) is 24.0. The number of hydrogen-bond acceptors (Lipinski definition) is 5. The van der Waals surface area contributed by atoms with Crippen molar-refractivity contribution in [2.75, 3.05) is 18.4 Å². The van der Waals surface area contributed by atoms with E-state index in [0.29, 0.717) is 13.1 Å². The van der Waals surface area contributed by atoms with Crippen LogP contribution in [0, 0.1) is 5.92 Å². The highest BCUT2D eigenvalue weighted by molar-refractivity contribution is 7.89. The molecular weight excluding hydrogens is 392 g/mol. The molecule has 0 unspecified atom stereocenters. The maximum absolute atomic E-state index is 12.8. The van der Waals surface area contributed by atoms with Crippen molar-refractivity contribution >= 4 is 39.2 Å². The van der Waals surface area contributed by atoms with Gasteiger partial charge in [0, 0.05) is 13.1 Å². The van der Waals surface area contributed by atoms with Gasteiger partial charge in [-0.05, 0) is 38.0 Å². The molecule has 1 fully saturated rings. The Morgan fingerprint density at radius 3 is 2.37 bits per heavy atom. The van der Waals surface area contributed by atoms with Crippen molar-refractivity contribution in [2.45, 2.75) is 51.0 Å². The topological polar surface area (TPSA) is 92.8 Å². The number of carbonyl (C=O) groups excluding carboxylic acids is 2. The number of benzene rings is 1. The number of nitrogens with one attached hydrogen (secondary N) is 1. The Morgan fingerprint density at radius 1 is 1.15 bits per heavy atom. The molecule has 27 heavy (non-hydrogen) atoms. The van der Waals surface area contributed by atoms with Crippen LogP contribution in [0.15, 0.2) is 23.1 Å². The second-order valence-electron chi connectivity index (χ2n) is 6.83. The molecule has 1 atom stereocenters. The van der Waals surface area contributed by atoms with E-state index in [-0.39, 0.29) is 21.5 Å². The van der Waals surface area contributed by atoms with Crippen molar-refractivity contribution in [3.63, 3.8) is 0 Å². The van der Waals surface area contributed by atoms with Crippen LogP contribution in [-0.2, 0) is 24.3 Å². The lowest BCUT2D eigenvalue weighted by molar-refractivity contribution is -0.156. The smallest absolute Gasteiger partial charge is 0.309 e. The number of nitrogens with zero attached hydrogens (tertiary/aromatic N) is 1. The minimum Gasteiger partial charge on any atom is -0.452 e. The minimum absolute atomic E-state index is 0.0657. The summed E-state index contributed by atoms with van der Waals surface area (Å²) in [6, 6.07) is 4.18. The lowest BCUT2D eigenvalue weighted by atomic mass is 10.2. The highest BCUT2D eigenvalue weighted by Crippen LogP contribution is 2.28. The van der Waals surface area contributed by atoms with Gasteiger partial charge in [-0.1, -0.05) is 31.9 Å². The molecule has 9 heteroatoms. The highest BCUT2D eigenvalue weighted by atomic mass is 35.5. The SMILES string of the molecule is CC(C)C(=O)O[C@@H](C)C(=O)Nc1cc(S(=O)(=O)N2CCCCC2)ccc1Cl. The fourth-order valence-corrected chi connectivity index (χ4v) is 4.32. The average Bonchev–Trinajstić information content (AvgIpc) is 2.63. The largest absolute Gasteiger partial charge is 0.452 e. The summed E-state index contributed by atoms with van der Waals surface area (Å²) in [5, 5.41) is 2.74. The summed E-state index contributed by atoms with van der Waals surface area (Å²) in [5.74, 6) is -1.44. The first-order valence-corrected chi connectivity index (χ1v) is 10.8. The van der Waals surface area contributed by atoms with E-state index in [9.17, 15) is 18.0 Å². The molecule has 1 N–H and O–H groups in total. The lowest BCUT2D eigenvalue weighted by Crippen LogP contribution is -2.35. The number of rotatable bonds is 6. The van der Waals surface area contributed by atoms with Crippen molar-refractivity contribution in [1.82, 2.24) is 4.31 Å². The van der Waals surface area contributed by atoms with Gasteiger partial charge in [-0.25, -0.2) is 8.42 Å². The summed E-state index contributed by atoms with van der Waals surface area (Å²) >= 11 is 6.11. The molecule has 0 aliphatic carbocycles. The third-order valence-corrected chi connectivity index (χ3v) is 6.51. The van der Waals surface area contributed by atoms with Gasteiger partial charge in [-0.2, -0.15) is 4.31 Å². The van der Waals surface area contributed by atoms with Crippen molar-refractivity contribution in [3.05, 3.63) is 23.2 Å². The molecule has 1 saturated heterocycles. The highest BCUT2D eigenvalue weighted by Gasteiger charge is 2.27. The van der Waals surface area contributed by atoms with Gasteiger partial charge >= 0.3 is 5.97 Å². The number of amides is 1. The molecular formula is C18H25ClN2O5S. The molecule has 1 aliphatic heterocycles. The number of halogens is 1. The second-order valence-corrected chi connectivity index (χ2v) is 9.17. The van der Waals surface area contributed by atoms with E-state index >= 15 is 0 Å². The van der Waals surface area contributed by atoms with Crippen LogP contribution in [-0.4, -0.2) is 43.8 Å². The van der Waals surface area contributed by atoms with Crippen molar-refractivity contribution in [3.8, 4) is 0 Å². The number of carbonyl (C=O) groups is 2. The molecule has 1 heterocycles. The lowest BCUT2D eigenvalue weighted by Gasteiger charge is -2.26. The van der Waals surface area contributed by atoms with Crippen LogP contribution in [0.4, 0.5) is 5.69 Å². The Morgan fingerprint density at radius 2 is 1.78 bits per heavy atom. The summed E-state index contributed by atoms with van der Waals surface area (Å²) < 4.78 is 32.1. The zero-order valence-corrected chi connectivity index (χ0v) is 17.3. The van der Waals surface area contributed by atoms with E-state index < -0.39 is 28.0 Å². The van der Waals surface area contributed by atoms with E-state index in [4.69, 9.17) is 16.3 Å². The number of sulfonamides is 1. The van der Waals surface area contributed by atoms with Crippen LogP contribution in [0.2, 0.25) is 5.02 Å². The van der Waals surface area contributed by atoms with Gasteiger partial charge in [0.1, 0.15) is 0 Å². The molecule has 1 aromatic rings. The fourth-order valence-electron chi connectivity index (χ4n) is 2.61. The van der Waals surface area contributed by atoms with Gasteiger partial charge in [-0.3, -0.25) is 9.59 Å². The molecule has 0 bridgehead atoms. The summed E-state index contributed by atoms with van der Waals surface area (Å²) in [6.07, 6.45) is 1.64. The van der Waals surface area contributed by atoms with Crippen molar-refractivity contribution in [1.29, 1.82) is 0 Å². The van der Waals surface area contributed by atoms with Gasteiger partial charge in [-0.15, -0.1) is 0 Å². The molecule has 1 amide bonds. The third-order valence-electron chi connectivity index (χ3n) is 4.28. The Bertz CT molecular complexity index is 804. The van der Waals surface area contributed by atoms with Gasteiger partial charge in [0.15, 0.2) is 6.10 Å². The fraction of sp³-hybridized carbons (Fsp3) is 0.556. The number of ether oxygens (including phenoxy) is 1. The van der Waals surface area contributed by atoms with Gasteiger partial charge in [0.2, 0.25) is 10.0 Å². The van der Waals surface area contributed by atoms with Crippen LogP contribution in [0.1, 0.15) is 40.0 Å². The molecule has 150 valence electrons. The standard InChI is InChI=1S/C18H25ClN2O5S/c1-12(2)18(23)26-13(3)17(22)20-16-11-14(7-8-15(16)19)27(24,25)21-9-5-4-6-10-21/h7-8,11-13H,4-6,9-10H2,1-3H3,(H,20,22)/t13-/m0/s1. The molecule has 1 aliphatic rings. The molecule has 0 radical (unpaired) electrons. The molecule has 2 rings (SSSR count). The summed E-state index contributed by atoms with van der Waals surface area (Å²) in [6.45, 7) is 5.74. The molecule has 0 spiro atoms. The number of esters is 1. The van der Waals surface area contributed by atoms with Crippen molar-refractivity contribution in [2.24, 2.45) is 5.92 Å². The van der Waals surface area contributed by atoms with Gasteiger partial charge in [0.05, 0.1) is 21.5 Å². The monoisotopic (exact) mass is 416 g/mol. The Labute approximate surface area is 165 Å². The number of anilines is 1. The summed E-state index contributed by atoms with van der Waals surface area (Å²) in [5.41, 5.74) is 0.159. The van der Waals surface area contributed by atoms with E-state index in [2.05, 4.69) is 5.32 Å². The van der Waals surface area contributed by atoms with Crippen LogP contribution < -0.4 is 5.32 Å². The zero-order valence-electron chi connectivity index (χ0n) is 15.7. The van der Waals surface area contributed by atoms with Crippen molar-refractivity contribution < 1.29 is 22.7 Å². The second kappa shape index (κ2) is 9.03. The first kappa shape index (κ1) is 21.7. The average molecular weight is 417 g/mol. The number of piperidine rings is 1. The minimum atomic E-state index is -3.65. The Hall–Kier alpha value is -1.64.